The first-order chi connectivity index (χ1) is 21.7. The van der Waals surface area contributed by atoms with E-state index in [4.69, 9.17) is 5.10 Å². The molecule has 0 atom stereocenters. The average Bonchev–Trinajstić information content (AvgIpc) is 3.45. The molecule has 1 N–H and O–H groups in total. The highest BCUT2D eigenvalue weighted by atomic mass is 32.1. The SMILES string of the molecule is Cc1cccc(CN(Cc2ccc(Nc3c(-c4ccccc4)ccc4c3sc3ccccc34)cc2)/N=C/c2ccccc2)c1. The molecule has 0 saturated heterocycles. The molecule has 0 aliphatic carbocycles. The summed E-state index contributed by atoms with van der Waals surface area (Å²) in [5, 5.41) is 13.4. The van der Waals surface area contributed by atoms with E-state index in [-0.39, 0.29) is 0 Å². The van der Waals surface area contributed by atoms with E-state index in [1.54, 1.807) is 0 Å². The number of thiophene rings is 1. The van der Waals surface area contributed by atoms with Gasteiger partial charge in [-0.2, -0.15) is 5.10 Å². The lowest BCUT2D eigenvalue weighted by molar-refractivity contribution is 0.272. The second-order valence-corrected chi connectivity index (χ2v) is 12.2. The first kappa shape index (κ1) is 27.6. The van der Waals surface area contributed by atoms with Crippen LogP contribution in [0.2, 0.25) is 0 Å². The molecule has 7 aromatic rings. The van der Waals surface area contributed by atoms with Crippen molar-refractivity contribution in [2.45, 2.75) is 20.0 Å². The van der Waals surface area contributed by atoms with Gasteiger partial charge in [0.25, 0.3) is 0 Å². The maximum Gasteiger partial charge on any atom is 0.0645 e. The van der Waals surface area contributed by atoms with Crippen LogP contribution in [0, 0.1) is 6.92 Å². The van der Waals surface area contributed by atoms with E-state index in [1.807, 2.05) is 35.8 Å². The van der Waals surface area contributed by atoms with Crippen molar-refractivity contribution < 1.29 is 0 Å². The zero-order chi connectivity index (χ0) is 29.7. The molecule has 0 amide bonds. The summed E-state index contributed by atoms with van der Waals surface area (Å²) >= 11 is 1.85. The Balaban J connectivity index is 1.18. The Hall–Kier alpha value is -5.19. The minimum Gasteiger partial charge on any atom is -0.354 e. The van der Waals surface area contributed by atoms with Crippen molar-refractivity contribution in [2.24, 2.45) is 5.10 Å². The molecule has 0 saturated carbocycles. The number of fused-ring (bicyclic) bond motifs is 3. The Morgan fingerprint density at radius 3 is 2.18 bits per heavy atom. The van der Waals surface area contributed by atoms with Gasteiger partial charge in [0.2, 0.25) is 0 Å². The van der Waals surface area contributed by atoms with Crippen LogP contribution in [0.15, 0.2) is 151 Å². The standard InChI is InChI=1S/C40H33N3S/c1-29-11-10-14-32(25-29)28-43(41-26-30-12-4-2-5-13-30)27-31-19-21-34(22-20-31)42-39-35(33-15-6-3-7-16-33)23-24-37-36-17-8-9-18-38(36)44-40(37)39/h2-26,42H,27-28H2,1H3/b41-26+. The largest absolute Gasteiger partial charge is 0.354 e. The highest BCUT2D eigenvalue weighted by Crippen LogP contribution is 2.44. The zero-order valence-corrected chi connectivity index (χ0v) is 25.5. The molecule has 0 fully saturated rings. The Bertz CT molecular complexity index is 2040. The quantitative estimate of drug-likeness (QED) is 0.134. The van der Waals surface area contributed by atoms with Crippen molar-refractivity contribution in [3.05, 3.63) is 168 Å². The number of benzene rings is 6. The molecule has 214 valence electrons. The monoisotopic (exact) mass is 587 g/mol. The number of hydrogen-bond donors (Lipinski definition) is 1. The van der Waals surface area contributed by atoms with Gasteiger partial charge in [0.1, 0.15) is 0 Å². The van der Waals surface area contributed by atoms with Crippen LogP contribution in [-0.2, 0) is 13.1 Å². The molecule has 7 rings (SSSR count). The van der Waals surface area contributed by atoms with Crippen LogP contribution in [0.3, 0.4) is 0 Å². The molecule has 44 heavy (non-hydrogen) atoms. The van der Waals surface area contributed by atoms with Crippen molar-refractivity contribution in [3.8, 4) is 11.1 Å². The van der Waals surface area contributed by atoms with E-state index in [0.29, 0.717) is 6.54 Å². The molecule has 0 unspecified atom stereocenters. The highest BCUT2D eigenvalue weighted by Gasteiger charge is 2.15. The molecule has 0 spiro atoms. The Labute approximate surface area is 262 Å². The van der Waals surface area contributed by atoms with Crippen molar-refractivity contribution in [1.29, 1.82) is 0 Å². The number of hydrazone groups is 1. The average molecular weight is 588 g/mol. The summed E-state index contributed by atoms with van der Waals surface area (Å²) in [6.07, 6.45) is 1.95. The van der Waals surface area contributed by atoms with Crippen molar-refractivity contribution >= 4 is 49.1 Å². The van der Waals surface area contributed by atoms with Gasteiger partial charge in [-0.1, -0.05) is 133 Å². The maximum absolute atomic E-state index is 4.90. The molecule has 0 aliphatic heterocycles. The summed E-state index contributed by atoms with van der Waals surface area (Å²) in [6, 6.07) is 51.5. The Kier molecular flexibility index (Phi) is 7.90. The smallest absolute Gasteiger partial charge is 0.0645 e. The zero-order valence-electron chi connectivity index (χ0n) is 24.7. The first-order valence-corrected chi connectivity index (χ1v) is 15.8. The third kappa shape index (κ3) is 6.12. The third-order valence-electron chi connectivity index (χ3n) is 7.84. The fourth-order valence-electron chi connectivity index (χ4n) is 5.67. The van der Waals surface area contributed by atoms with E-state index < -0.39 is 0 Å². The highest BCUT2D eigenvalue weighted by molar-refractivity contribution is 7.26. The van der Waals surface area contributed by atoms with Gasteiger partial charge in [-0.25, -0.2) is 0 Å². The topological polar surface area (TPSA) is 27.6 Å². The summed E-state index contributed by atoms with van der Waals surface area (Å²) in [4.78, 5) is 0. The minimum absolute atomic E-state index is 0.707. The van der Waals surface area contributed by atoms with Gasteiger partial charge < -0.3 is 5.32 Å². The molecule has 3 nitrogen and oxygen atoms in total. The van der Waals surface area contributed by atoms with Crippen molar-refractivity contribution in [1.82, 2.24) is 5.01 Å². The lowest BCUT2D eigenvalue weighted by Crippen LogP contribution is -2.17. The second kappa shape index (κ2) is 12.6. The van der Waals surface area contributed by atoms with E-state index in [9.17, 15) is 0 Å². The van der Waals surface area contributed by atoms with Crippen LogP contribution in [0.5, 0.6) is 0 Å². The first-order valence-electron chi connectivity index (χ1n) is 14.9. The number of nitrogens with zero attached hydrogens (tertiary/aromatic N) is 2. The van der Waals surface area contributed by atoms with Crippen LogP contribution in [0.1, 0.15) is 22.3 Å². The van der Waals surface area contributed by atoms with Gasteiger partial charge in [-0.15, -0.1) is 11.3 Å². The van der Waals surface area contributed by atoms with Gasteiger partial charge in [0.15, 0.2) is 0 Å². The van der Waals surface area contributed by atoms with Gasteiger partial charge in [-0.05, 0) is 47.4 Å². The van der Waals surface area contributed by atoms with E-state index in [1.165, 1.54) is 48.0 Å². The molecule has 1 heterocycles. The lowest BCUT2D eigenvalue weighted by Gasteiger charge is -2.20. The molecule has 6 aromatic carbocycles. The van der Waals surface area contributed by atoms with E-state index in [2.05, 4.69) is 145 Å². The number of anilines is 2. The Morgan fingerprint density at radius 1 is 0.659 bits per heavy atom. The molecule has 0 aliphatic rings. The Morgan fingerprint density at radius 2 is 1.39 bits per heavy atom. The lowest BCUT2D eigenvalue weighted by atomic mass is 10.0. The van der Waals surface area contributed by atoms with Crippen molar-refractivity contribution in [2.75, 3.05) is 5.32 Å². The summed E-state index contributed by atoms with van der Waals surface area (Å²) in [7, 11) is 0. The number of aryl methyl sites for hydroxylation is 1. The molecule has 0 radical (unpaired) electrons. The van der Waals surface area contributed by atoms with Crippen LogP contribution in [-0.4, -0.2) is 11.2 Å². The van der Waals surface area contributed by atoms with Crippen LogP contribution >= 0.6 is 11.3 Å². The molecular weight excluding hydrogens is 555 g/mol. The number of hydrogen-bond acceptors (Lipinski definition) is 4. The molecule has 0 bridgehead atoms. The predicted molar refractivity (Wildman–Crippen MR) is 189 cm³/mol. The summed E-state index contributed by atoms with van der Waals surface area (Å²) in [5.41, 5.74) is 9.42. The fourth-order valence-corrected chi connectivity index (χ4v) is 6.87. The van der Waals surface area contributed by atoms with Crippen LogP contribution in [0.25, 0.3) is 31.3 Å². The summed E-state index contributed by atoms with van der Waals surface area (Å²) in [6.45, 7) is 3.58. The van der Waals surface area contributed by atoms with Crippen LogP contribution in [0.4, 0.5) is 11.4 Å². The molecule has 1 aromatic heterocycles. The van der Waals surface area contributed by atoms with Gasteiger partial charge >= 0.3 is 0 Å². The number of nitrogens with one attached hydrogen (secondary N) is 1. The van der Waals surface area contributed by atoms with E-state index in [0.717, 1.165) is 23.5 Å². The fraction of sp³-hybridized carbons (Fsp3) is 0.0750. The van der Waals surface area contributed by atoms with E-state index >= 15 is 0 Å². The predicted octanol–water partition coefficient (Wildman–Crippen LogP) is 10.8. The summed E-state index contributed by atoms with van der Waals surface area (Å²) < 4.78 is 2.58. The number of rotatable bonds is 9. The second-order valence-electron chi connectivity index (χ2n) is 11.1. The summed E-state index contributed by atoms with van der Waals surface area (Å²) in [5.74, 6) is 0. The normalized spacial score (nSPS) is 11.4. The third-order valence-corrected chi connectivity index (χ3v) is 9.04. The van der Waals surface area contributed by atoms with Gasteiger partial charge in [0, 0.05) is 26.7 Å². The molecule has 4 heteroatoms. The van der Waals surface area contributed by atoms with Crippen LogP contribution < -0.4 is 5.32 Å². The van der Waals surface area contributed by atoms with Gasteiger partial charge in [0.05, 0.1) is 29.7 Å². The maximum atomic E-state index is 4.90. The molecular formula is C40H33N3S. The van der Waals surface area contributed by atoms with Crippen molar-refractivity contribution in [3.63, 3.8) is 0 Å². The minimum atomic E-state index is 0.707. The van der Waals surface area contributed by atoms with Gasteiger partial charge in [-0.3, -0.25) is 5.01 Å².